The Bertz CT molecular complexity index is 229. The molecular weight excluding hydrogens is 204 g/mol. The van der Waals surface area contributed by atoms with E-state index < -0.39 is 0 Å². The van der Waals surface area contributed by atoms with E-state index in [4.69, 9.17) is 10.5 Å². The van der Waals surface area contributed by atoms with Crippen LogP contribution in [-0.2, 0) is 9.53 Å². The van der Waals surface area contributed by atoms with Gasteiger partial charge in [-0.2, -0.15) is 0 Å². The Morgan fingerprint density at radius 3 is 2.81 bits per heavy atom. The molecule has 3 atom stereocenters. The number of nitrogens with two attached hydrogens (primary N) is 1. The average molecular weight is 228 g/mol. The van der Waals surface area contributed by atoms with Crippen LogP contribution in [0.5, 0.6) is 0 Å². The minimum absolute atomic E-state index is 0.151. The van der Waals surface area contributed by atoms with Gasteiger partial charge in [0.1, 0.15) is 0 Å². The van der Waals surface area contributed by atoms with Gasteiger partial charge >= 0.3 is 0 Å². The van der Waals surface area contributed by atoms with Gasteiger partial charge in [0.25, 0.3) is 0 Å². The van der Waals surface area contributed by atoms with Gasteiger partial charge < -0.3 is 15.4 Å². The summed E-state index contributed by atoms with van der Waals surface area (Å²) in [4.78, 5) is 14.0. The molecule has 94 valence electrons. The van der Waals surface area contributed by atoms with Crippen molar-refractivity contribution in [3.8, 4) is 0 Å². The Morgan fingerprint density at radius 2 is 2.25 bits per heavy atom. The summed E-state index contributed by atoms with van der Waals surface area (Å²) < 4.78 is 5.51. The highest BCUT2D eigenvalue weighted by atomic mass is 16.5. The van der Waals surface area contributed by atoms with Crippen LogP contribution in [0.1, 0.15) is 33.6 Å². The van der Waals surface area contributed by atoms with Crippen molar-refractivity contribution in [2.75, 3.05) is 19.7 Å². The third-order valence-corrected chi connectivity index (χ3v) is 3.30. The fraction of sp³-hybridized carbons (Fsp3) is 0.917. The highest BCUT2D eigenvalue weighted by molar-refractivity contribution is 5.77. The number of rotatable bonds is 4. The Kier molecular flexibility index (Phi) is 5.22. The maximum Gasteiger partial charge on any atom is 0.223 e. The second-order valence-electron chi connectivity index (χ2n) is 4.75. The molecule has 1 aliphatic rings. The van der Waals surface area contributed by atoms with Crippen LogP contribution in [0.4, 0.5) is 0 Å². The van der Waals surface area contributed by atoms with Crippen molar-refractivity contribution in [3.05, 3.63) is 0 Å². The molecule has 1 amide bonds. The van der Waals surface area contributed by atoms with E-state index in [1.807, 2.05) is 18.7 Å². The number of carbonyl (C=O) groups excluding carboxylic acids is 1. The van der Waals surface area contributed by atoms with Gasteiger partial charge in [-0.15, -0.1) is 0 Å². The first-order valence-electron chi connectivity index (χ1n) is 6.19. The second kappa shape index (κ2) is 6.21. The zero-order valence-corrected chi connectivity index (χ0v) is 10.6. The van der Waals surface area contributed by atoms with Crippen LogP contribution >= 0.6 is 0 Å². The normalized spacial score (nSPS) is 27.9. The molecule has 1 heterocycles. The molecule has 1 fully saturated rings. The number of hydrogen-bond acceptors (Lipinski definition) is 3. The first-order valence-corrected chi connectivity index (χ1v) is 6.19. The SMILES string of the molecule is CCC(CN)CC(=O)N1CC(C)OCC1C. The average Bonchev–Trinajstić information content (AvgIpc) is 2.28. The zero-order valence-electron chi connectivity index (χ0n) is 10.6. The number of hydrogen-bond donors (Lipinski definition) is 1. The third-order valence-electron chi connectivity index (χ3n) is 3.30. The molecule has 0 aromatic heterocycles. The molecular formula is C12H24N2O2. The molecule has 0 spiro atoms. The predicted octanol–water partition coefficient (Wildman–Crippen LogP) is 0.997. The van der Waals surface area contributed by atoms with Crippen molar-refractivity contribution in [1.29, 1.82) is 0 Å². The summed E-state index contributed by atoms with van der Waals surface area (Å²) in [6.07, 6.45) is 1.69. The van der Waals surface area contributed by atoms with E-state index in [9.17, 15) is 4.79 Å². The molecule has 1 aliphatic heterocycles. The fourth-order valence-electron chi connectivity index (χ4n) is 2.01. The molecule has 0 aliphatic carbocycles. The molecule has 0 aromatic carbocycles. The lowest BCUT2D eigenvalue weighted by atomic mass is 10.0. The summed E-state index contributed by atoms with van der Waals surface area (Å²) in [7, 11) is 0. The van der Waals surface area contributed by atoms with Crippen molar-refractivity contribution in [2.24, 2.45) is 11.7 Å². The smallest absolute Gasteiger partial charge is 0.223 e. The summed E-state index contributed by atoms with van der Waals surface area (Å²) in [6, 6.07) is 0.194. The Hall–Kier alpha value is -0.610. The molecule has 1 saturated heterocycles. The molecule has 4 nitrogen and oxygen atoms in total. The van der Waals surface area contributed by atoms with Crippen molar-refractivity contribution in [1.82, 2.24) is 4.90 Å². The van der Waals surface area contributed by atoms with E-state index in [0.29, 0.717) is 32.0 Å². The molecule has 3 unspecified atom stereocenters. The first kappa shape index (κ1) is 13.5. The van der Waals surface area contributed by atoms with Crippen molar-refractivity contribution in [3.63, 3.8) is 0 Å². The van der Waals surface area contributed by atoms with Gasteiger partial charge in [-0.1, -0.05) is 13.3 Å². The maximum atomic E-state index is 12.1. The van der Waals surface area contributed by atoms with E-state index >= 15 is 0 Å². The molecule has 2 N–H and O–H groups in total. The number of amides is 1. The van der Waals surface area contributed by atoms with E-state index in [-0.39, 0.29) is 18.1 Å². The lowest BCUT2D eigenvalue weighted by Gasteiger charge is -2.37. The Labute approximate surface area is 98.1 Å². The minimum atomic E-state index is 0.151. The van der Waals surface area contributed by atoms with Gasteiger partial charge in [0.2, 0.25) is 5.91 Å². The molecule has 4 heteroatoms. The standard InChI is InChI=1S/C12H24N2O2/c1-4-11(6-13)5-12(15)14-7-10(3)16-8-9(14)2/h9-11H,4-8,13H2,1-3H3. The van der Waals surface area contributed by atoms with Gasteiger partial charge in [0.05, 0.1) is 18.8 Å². The van der Waals surface area contributed by atoms with Crippen molar-refractivity contribution < 1.29 is 9.53 Å². The minimum Gasteiger partial charge on any atom is -0.375 e. The Morgan fingerprint density at radius 1 is 1.56 bits per heavy atom. The van der Waals surface area contributed by atoms with E-state index in [1.54, 1.807) is 0 Å². The summed E-state index contributed by atoms with van der Waals surface area (Å²) in [5, 5.41) is 0. The lowest BCUT2D eigenvalue weighted by molar-refractivity contribution is -0.144. The van der Waals surface area contributed by atoms with E-state index in [2.05, 4.69) is 6.92 Å². The quantitative estimate of drug-likeness (QED) is 0.781. The van der Waals surface area contributed by atoms with Gasteiger partial charge in [-0.25, -0.2) is 0 Å². The number of carbonyl (C=O) groups is 1. The number of morpholine rings is 1. The summed E-state index contributed by atoms with van der Waals surface area (Å²) >= 11 is 0. The van der Waals surface area contributed by atoms with E-state index in [1.165, 1.54) is 0 Å². The van der Waals surface area contributed by atoms with E-state index in [0.717, 1.165) is 6.42 Å². The molecule has 0 aromatic rings. The summed E-state index contributed by atoms with van der Waals surface area (Å²) in [6.45, 7) is 8.07. The Balaban J connectivity index is 2.51. The monoisotopic (exact) mass is 228 g/mol. The number of ether oxygens (including phenoxy) is 1. The van der Waals surface area contributed by atoms with Crippen LogP contribution < -0.4 is 5.73 Å². The van der Waals surface area contributed by atoms with Gasteiger partial charge in [-0.3, -0.25) is 4.79 Å². The van der Waals surface area contributed by atoms with Gasteiger partial charge in [-0.05, 0) is 26.3 Å². The van der Waals surface area contributed by atoms with Gasteiger partial charge in [0, 0.05) is 13.0 Å². The zero-order chi connectivity index (χ0) is 12.1. The first-order chi connectivity index (χ1) is 7.58. The molecule has 0 bridgehead atoms. The molecule has 1 rings (SSSR count). The fourth-order valence-corrected chi connectivity index (χ4v) is 2.01. The molecule has 0 radical (unpaired) electrons. The topological polar surface area (TPSA) is 55.6 Å². The highest BCUT2D eigenvalue weighted by Gasteiger charge is 2.28. The lowest BCUT2D eigenvalue weighted by Crippen LogP contribution is -2.50. The van der Waals surface area contributed by atoms with Crippen LogP contribution in [0.3, 0.4) is 0 Å². The highest BCUT2D eigenvalue weighted by Crippen LogP contribution is 2.16. The number of nitrogens with zero attached hydrogens (tertiary/aromatic N) is 1. The second-order valence-corrected chi connectivity index (χ2v) is 4.75. The maximum absolute atomic E-state index is 12.1. The van der Waals surface area contributed by atoms with Crippen molar-refractivity contribution >= 4 is 5.91 Å². The van der Waals surface area contributed by atoms with Gasteiger partial charge in [0.15, 0.2) is 0 Å². The van der Waals surface area contributed by atoms with Crippen LogP contribution in [0.2, 0.25) is 0 Å². The third kappa shape index (κ3) is 3.46. The largest absolute Gasteiger partial charge is 0.375 e. The predicted molar refractivity (Wildman–Crippen MR) is 64.0 cm³/mol. The van der Waals surface area contributed by atoms with Crippen LogP contribution in [0.25, 0.3) is 0 Å². The van der Waals surface area contributed by atoms with Crippen LogP contribution in [0.15, 0.2) is 0 Å². The summed E-state index contributed by atoms with van der Waals surface area (Å²) in [5.74, 6) is 0.540. The molecule has 0 saturated carbocycles. The van der Waals surface area contributed by atoms with Crippen LogP contribution in [-0.4, -0.2) is 42.6 Å². The molecule has 16 heavy (non-hydrogen) atoms. The summed E-state index contributed by atoms with van der Waals surface area (Å²) in [5.41, 5.74) is 5.63. The van der Waals surface area contributed by atoms with Crippen LogP contribution in [0, 0.1) is 5.92 Å². The van der Waals surface area contributed by atoms with Crippen molar-refractivity contribution in [2.45, 2.75) is 45.8 Å².